The van der Waals surface area contributed by atoms with Crippen LogP contribution in [0.3, 0.4) is 0 Å². The van der Waals surface area contributed by atoms with Crippen molar-refractivity contribution in [2.45, 2.75) is 33.2 Å². The molecule has 1 heterocycles. The van der Waals surface area contributed by atoms with Crippen molar-refractivity contribution in [3.05, 3.63) is 75.9 Å². The minimum Gasteiger partial charge on any atom is -0.366 e. The zero-order valence-electron chi connectivity index (χ0n) is 17.2. The van der Waals surface area contributed by atoms with E-state index in [0.717, 1.165) is 39.0 Å². The normalized spacial score (nSPS) is 14.8. The van der Waals surface area contributed by atoms with E-state index in [1.54, 1.807) is 11.0 Å². The molecule has 0 aromatic heterocycles. The Labute approximate surface area is 176 Å². The molecule has 1 aliphatic heterocycles. The van der Waals surface area contributed by atoms with E-state index in [4.69, 9.17) is 5.73 Å². The number of allylic oxidation sites excluding steroid dienone is 2. The summed E-state index contributed by atoms with van der Waals surface area (Å²) in [6, 6.07) is 9.95. The first kappa shape index (κ1) is 19.7. The van der Waals surface area contributed by atoms with Gasteiger partial charge < -0.3 is 10.6 Å². The standard InChI is InChI=1S/C25H23N3O2/c1-4-22(29)28-9-8-18-16(13-28)6-5-7-19(18)24-17(12-26)11-21(25(27)30)20-10-14(2)15(3)23(20)24/h4-7,11H,1,8-10,13H2,2-3H3,(H2,27,30). The van der Waals surface area contributed by atoms with Crippen LogP contribution in [-0.2, 0) is 24.2 Å². The van der Waals surface area contributed by atoms with Crippen LogP contribution in [0, 0.1) is 11.3 Å². The summed E-state index contributed by atoms with van der Waals surface area (Å²) >= 11 is 0. The van der Waals surface area contributed by atoms with Gasteiger partial charge in [-0.1, -0.05) is 30.4 Å². The van der Waals surface area contributed by atoms with Crippen molar-refractivity contribution >= 4 is 17.4 Å². The number of primary amides is 1. The van der Waals surface area contributed by atoms with Gasteiger partial charge in [0.15, 0.2) is 0 Å². The van der Waals surface area contributed by atoms with Crippen LogP contribution in [0.25, 0.3) is 16.7 Å². The summed E-state index contributed by atoms with van der Waals surface area (Å²) in [6.07, 6.45) is 2.70. The molecule has 0 saturated carbocycles. The van der Waals surface area contributed by atoms with Crippen LogP contribution < -0.4 is 5.73 Å². The molecule has 5 nitrogen and oxygen atoms in total. The molecule has 30 heavy (non-hydrogen) atoms. The Morgan fingerprint density at radius 1 is 1.23 bits per heavy atom. The van der Waals surface area contributed by atoms with Gasteiger partial charge in [-0.2, -0.15) is 5.26 Å². The molecule has 0 fully saturated rings. The first-order chi connectivity index (χ1) is 14.4. The molecule has 2 aromatic carbocycles. The fourth-order valence-electron chi connectivity index (χ4n) is 4.68. The van der Waals surface area contributed by atoms with E-state index in [1.807, 2.05) is 25.1 Å². The van der Waals surface area contributed by atoms with E-state index in [-0.39, 0.29) is 5.91 Å². The average Bonchev–Trinajstić information content (AvgIpc) is 3.05. The molecule has 2 N–H and O–H groups in total. The third kappa shape index (κ3) is 2.93. The van der Waals surface area contributed by atoms with E-state index >= 15 is 0 Å². The predicted molar refractivity (Wildman–Crippen MR) is 116 cm³/mol. The number of hydrogen-bond donors (Lipinski definition) is 1. The van der Waals surface area contributed by atoms with E-state index in [2.05, 4.69) is 19.6 Å². The Morgan fingerprint density at radius 3 is 2.67 bits per heavy atom. The highest BCUT2D eigenvalue weighted by atomic mass is 16.2. The zero-order chi connectivity index (χ0) is 21.6. The van der Waals surface area contributed by atoms with Crippen LogP contribution in [0.2, 0.25) is 0 Å². The second-order valence-electron chi connectivity index (χ2n) is 7.92. The van der Waals surface area contributed by atoms with Gasteiger partial charge in [0.2, 0.25) is 11.8 Å². The summed E-state index contributed by atoms with van der Waals surface area (Å²) in [5, 5.41) is 9.94. The number of hydrogen-bond acceptors (Lipinski definition) is 3. The Balaban J connectivity index is 1.97. The minimum absolute atomic E-state index is 0.0788. The third-order valence-corrected chi connectivity index (χ3v) is 6.30. The maximum Gasteiger partial charge on any atom is 0.249 e. The molecular weight excluding hydrogens is 374 g/mol. The van der Waals surface area contributed by atoms with Gasteiger partial charge in [-0.25, -0.2) is 0 Å². The molecule has 2 amide bonds. The summed E-state index contributed by atoms with van der Waals surface area (Å²) in [5.74, 6) is -0.588. The van der Waals surface area contributed by atoms with Gasteiger partial charge in [0, 0.05) is 24.2 Å². The Hall–Kier alpha value is -3.65. The number of benzene rings is 2. The monoisotopic (exact) mass is 397 g/mol. The number of nitriles is 1. The zero-order valence-corrected chi connectivity index (χ0v) is 17.2. The number of nitrogens with two attached hydrogens (primary N) is 1. The van der Waals surface area contributed by atoms with Gasteiger partial charge in [0.25, 0.3) is 0 Å². The van der Waals surface area contributed by atoms with Crippen LogP contribution in [0.4, 0.5) is 0 Å². The Bertz CT molecular complexity index is 1200. The molecule has 2 aromatic rings. The smallest absolute Gasteiger partial charge is 0.249 e. The first-order valence-electron chi connectivity index (χ1n) is 9.96. The lowest BCUT2D eigenvalue weighted by Gasteiger charge is -2.30. The van der Waals surface area contributed by atoms with Crippen molar-refractivity contribution in [3.63, 3.8) is 0 Å². The molecule has 0 bridgehead atoms. The number of nitrogens with zero attached hydrogens (tertiary/aromatic N) is 2. The fourth-order valence-corrected chi connectivity index (χ4v) is 4.68. The molecular formula is C25H23N3O2. The van der Waals surface area contributed by atoms with Gasteiger partial charge in [-0.3, -0.25) is 9.59 Å². The van der Waals surface area contributed by atoms with E-state index < -0.39 is 5.91 Å². The second kappa shape index (κ2) is 7.31. The highest BCUT2D eigenvalue weighted by molar-refractivity contribution is 6.01. The van der Waals surface area contributed by atoms with E-state index in [9.17, 15) is 14.9 Å². The largest absolute Gasteiger partial charge is 0.366 e. The minimum atomic E-state index is -0.509. The lowest BCUT2D eigenvalue weighted by molar-refractivity contribution is -0.126. The van der Waals surface area contributed by atoms with Crippen molar-refractivity contribution in [2.75, 3.05) is 6.54 Å². The SMILES string of the molecule is C=CC(=O)N1CCc2c(cccc2-c2c(C#N)cc(C(N)=O)c3c2C(C)=C(C)C3)C1. The van der Waals surface area contributed by atoms with Gasteiger partial charge in [-0.15, -0.1) is 0 Å². The number of rotatable bonds is 3. The molecule has 5 heteroatoms. The molecule has 4 rings (SSSR count). The Kier molecular flexibility index (Phi) is 4.79. The number of amides is 2. The summed E-state index contributed by atoms with van der Waals surface area (Å²) < 4.78 is 0. The van der Waals surface area contributed by atoms with E-state index in [0.29, 0.717) is 37.1 Å². The summed E-state index contributed by atoms with van der Waals surface area (Å²) in [6.45, 7) is 8.80. The van der Waals surface area contributed by atoms with Gasteiger partial charge in [0.1, 0.15) is 0 Å². The average molecular weight is 397 g/mol. The van der Waals surface area contributed by atoms with Gasteiger partial charge in [-0.05, 0) is 72.2 Å². The quantitative estimate of drug-likeness (QED) is 0.800. The molecule has 2 aliphatic rings. The summed E-state index contributed by atoms with van der Waals surface area (Å²) in [4.78, 5) is 26.0. The highest BCUT2D eigenvalue weighted by Crippen LogP contribution is 2.44. The van der Waals surface area contributed by atoms with Crippen LogP contribution >= 0.6 is 0 Å². The maximum absolute atomic E-state index is 12.1. The van der Waals surface area contributed by atoms with Crippen molar-refractivity contribution in [2.24, 2.45) is 5.73 Å². The van der Waals surface area contributed by atoms with Crippen LogP contribution in [0.1, 0.15) is 52.0 Å². The molecule has 0 unspecified atom stereocenters. The van der Waals surface area contributed by atoms with Crippen molar-refractivity contribution < 1.29 is 9.59 Å². The molecule has 1 aliphatic carbocycles. The molecule has 150 valence electrons. The van der Waals surface area contributed by atoms with Crippen molar-refractivity contribution in [3.8, 4) is 17.2 Å². The van der Waals surface area contributed by atoms with Crippen LogP contribution in [0.5, 0.6) is 0 Å². The second-order valence-corrected chi connectivity index (χ2v) is 7.92. The summed E-state index contributed by atoms with van der Waals surface area (Å²) in [7, 11) is 0. The lowest BCUT2D eigenvalue weighted by Crippen LogP contribution is -2.35. The van der Waals surface area contributed by atoms with Gasteiger partial charge >= 0.3 is 0 Å². The topological polar surface area (TPSA) is 87.2 Å². The third-order valence-electron chi connectivity index (χ3n) is 6.30. The van der Waals surface area contributed by atoms with E-state index in [1.165, 1.54) is 11.6 Å². The molecule has 0 atom stereocenters. The maximum atomic E-state index is 12.1. The number of carbonyl (C=O) groups excluding carboxylic acids is 2. The predicted octanol–water partition coefficient (Wildman–Crippen LogP) is 3.74. The number of fused-ring (bicyclic) bond motifs is 2. The fraction of sp³-hybridized carbons (Fsp3) is 0.240. The van der Waals surface area contributed by atoms with Crippen molar-refractivity contribution in [1.29, 1.82) is 5.26 Å². The Morgan fingerprint density at radius 2 is 2.00 bits per heavy atom. The molecule has 0 saturated heterocycles. The lowest BCUT2D eigenvalue weighted by atomic mass is 9.83. The molecule has 0 radical (unpaired) electrons. The highest BCUT2D eigenvalue weighted by Gasteiger charge is 2.30. The first-order valence-corrected chi connectivity index (χ1v) is 9.96. The van der Waals surface area contributed by atoms with Crippen molar-refractivity contribution in [1.82, 2.24) is 4.90 Å². The molecule has 0 spiro atoms. The summed E-state index contributed by atoms with van der Waals surface area (Å²) in [5.41, 5.74) is 14.7. The van der Waals surface area contributed by atoms with Crippen LogP contribution in [0.15, 0.2) is 42.5 Å². The van der Waals surface area contributed by atoms with Gasteiger partial charge in [0.05, 0.1) is 11.6 Å². The van der Waals surface area contributed by atoms with Crippen LogP contribution in [-0.4, -0.2) is 23.3 Å². The number of carbonyl (C=O) groups is 2.